The molecule has 224 valence electrons. The molecule has 2 aliphatic heterocycles. The molecule has 0 aromatic carbocycles. The number of hydrogen-bond acceptors (Lipinski definition) is 4. The highest BCUT2D eigenvalue weighted by molar-refractivity contribution is 5.83. The topological polar surface area (TPSA) is 78.0 Å². The third kappa shape index (κ3) is 14.8. The van der Waals surface area contributed by atoms with Gasteiger partial charge < -0.3 is 14.7 Å². The quantitative estimate of drug-likeness (QED) is 0.398. The standard InChI is InChI=1S/C9H16FNO.C8H15NO.C7H15NO.C6H12O/c1-8(2,3)7(12)11-5-9(4,10)6-11;1-8(2,3)7(10)9-5-4-6-9;1-7(2,3)6(9)8(4)5;1-5(7)6(2,3)4/h5-6H2,1-4H3;4-6H2,1-3H3;1-5H3;1-4H3. The fourth-order valence-electron chi connectivity index (χ4n) is 3.03. The van der Waals surface area contributed by atoms with Gasteiger partial charge in [0, 0.05) is 48.8 Å². The maximum Gasteiger partial charge on any atom is 0.228 e. The smallest absolute Gasteiger partial charge is 0.228 e. The van der Waals surface area contributed by atoms with E-state index < -0.39 is 5.67 Å². The molecule has 0 aromatic heterocycles. The molecular formula is C30H58FN3O4. The molecule has 8 heteroatoms. The van der Waals surface area contributed by atoms with Crippen LogP contribution in [0.25, 0.3) is 0 Å². The molecule has 0 N–H and O–H groups in total. The van der Waals surface area contributed by atoms with Crippen LogP contribution in [0.3, 0.4) is 0 Å². The second-order valence-electron chi connectivity index (χ2n) is 15.0. The second kappa shape index (κ2) is 13.9. The number of carbonyl (C=O) groups excluding carboxylic acids is 4. The monoisotopic (exact) mass is 543 g/mol. The van der Waals surface area contributed by atoms with Crippen LogP contribution in [0.5, 0.6) is 0 Å². The minimum Gasteiger partial charge on any atom is -0.348 e. The molecule has 0 aromatic rings. The molecule has 0 bridgehead atoms. The molecule has 2 saturated heterocycles. The van der Waals surface area contributed by atoms with Crippen molar-refractivity contribution in [1.29, 1.82) is 0 Å². The molecule has 0 unspecified atom stereocenters. The molecule has 0 atom stereocenters. The molecular weight excluding hydrogens is 485 g/mol. The highest BCUT2D eigenvalue weighted by Crippen LogP contribution is 2.29. The van der Waals surface area contributed by atoms with Crippen molar-refractivity contribution in [3.05, 3.63) is 0 Å². The molecule has 0 radical (unpaired) electrons. The van der Waals surface area contributed by atoms with Gasteiger partial charge in [-0.2, -0.15) is 0 Å². The first-order chi connectivity index (χ1) is 16.5. The predicted molar refractivity (Wildman–Crippen MR) is 154 cm³/mol. The highest BCUT2D eigenvalue weighted by Gasteiger charge is 2.44. The average molecular weight is 544 g/mol. The summed E-state index contributed by atoms with van der Waals surface area (Å²) >= 11 is 0. The van der Waals surface area contributed by atoms with E-state index >= 15 is 0 Å². The Morgan fingerprint density at radius 2 is 0.974 bits per heavy atom. The van der Waals surface area contributed by atoms with Gasteiger partial charge in [-0.25, -0.2) is 4.39 Å². The van der Waals surface area contributed by atoms with Crippen LogP contribution >= 0.6 is 0 Å². The summed E-state index contributed by atoms with van der Waals surface area (Å²) in [6.07, 6.45) is 1.18. The number of alkyl halides is 1. The third-order valence-electron chi connectivity index (χ3n) is 5.86. The van der Waals surface area contributed by atoms with Gasteiger partial charge in [-0.15, -0.1) is 0 Å². The fourth-order valence-corrected chi connectivity index (χ4v) is 3.03. The Kier molecular flexibility index (Phi) is 13.9. The Balaban J connectivity index is 0. The third-order valence-corrected chi connectivity index (χ3v) is 5.86. The van der Waals surface area contributed by atoms with Gasteiger partial charge in [0.1, 0.15) is 11.5 Å². The molecule has 38 heavy (non-hydrogen) atoms. The zero-order valence-electron chi connectivity index (χ0n) is 27.4. The molecule has 0 aliphatic carbocycles. The number of ketones is 1. The summed E-state index contributed by atoms with van der Waals surface area (Å²) in [5.74, 6) is 0.742. The lowest BCUT2D eigenvalue weighted by atomic mass is 9.90. The zero-order valence-corrected chi connectivity index (χ0v) is 27.4. The highest BCUT2D eigenvalue weighted by atomic mass is 19.1. The van der Waals surface area contributed by atoms with Crippen LogP contribution < -0.4 is 0 Å². The van der Waals surface area contributed by atoms with Crippen molar-refractivity contribution < 1.29 is 23.6 Å². The van der Waals surface area contributed by atoms with Crippen molar-refractivity contribution in [2.75, 3.05) is 40.3 Å². The van der Waals surface area contributed by atoms with Gasteiger partial charge in [0.25, 0.3) is 0 Å². The number of hydrogen-bond donors (Lipinski definition) is 0. The Bertz CT molecular complexity index is 795. The Morgan fingerprint density at radius 3 is 1.08 bits per heavy atom. The first kappa shape index (κ1) is 38.2. The van der Waals surface area contributed by atoms with Crippen LogP contribution in [0.4, 0.5) is 4.39 Å². The van der Waals surface area contributed by atoms with Crippen molar-refractivity contribution in [2.45, 2.75) is 109 Å². The molecule has 7 nitrogen and oxygen atoms in total. The van der Waals surface area contributed by atoms with Crippen LogP contribution in [-0.2, 0) is 19.2 Å². The van der Waals surface area contributed by atoms with E-state index in [4.69, 9.17) is 0 Å². The van der Waals surface area contributed by atoms with Crippen molar-refractivity contribution in [3.63, 3.8) is 0 Å². The number of likely N-dealkylation sites (tertiary alicyclic amines) is 2. The summed E-state index contributed by atoms with van der Waals surface area (Å²) in [7, 11) is 3.54. The lowest BCUT2D eigenvalue weighted by Gasteiger charge is -2.44. The van der Waals surface area contributed by atoms with Crippen LogP contribution in [0, 0.1) is 21.7 Å². The van der Waals surface area contributed by atoms with E-state index in [0.29, 0.717) is 5.91 Å². The minimum atomic E-state index is -1.15. The van der Waals surface area contributed by atoms with Gasteiger partial charge in [-0.1, -0.05) is 83.1 Å². The van der Waals surface area contributed by atoms with Gasteiger partial charge in [-0.3, -0.25) is 19.2 Å². The lowest BCUT2D eigenvalue weighted by molar-refractivity contribution is -0.152. The summed E-state index contributed by atoms with van der Waals surface area (Å²) in [4.78, 5) is 49.5. The van der Waals surface area contributed by atoms with Gasteiger partial charge in [0.2, 0.25) is 17.7 Å². The Morgan fingerprint density at radius 1 is 0.658 bits per heavy atom. The van der Waals surface area contributed by atoms with E-state index in [1.165, 1.54) is 13.3 Å². The van der Waals surface area contributed by atoms with Gasteiger partial charge >= 0.3 is 0 Å². The normalized spacial score (nSPS) is 16.6. The van der Waals surface area contributed by atoms with E-state index in [1.54, 1.807) is 30.8 Å². The van der Waals surface area contributed by atoms with Gasteiger partial charge in [-0.05, 0) is 20.3 Å². The summed E-state index contributed by atoms with van der Waals surface area (Å²) in [5, 5.41) is 0. The molecule has 2 heterocycles. The largest absolute Gasteiger partial charge is 0.348 e. The average Bonchev–Trinajstić information content (AvgIpc) is 2.61. The van der Waals surface area contributed by atoms with Crippen LogP contribution in [0.15, 0.2) is 0 Å². The molecule has 2 fully saturated rings. The van der Waals surface area contributed by atoms with Crippen LogP contribution in [0.1, 0.15) is 103 Å². The van der Waals surface area contributed by atoms with E-state index in [9.17, 15) is 23.6 Å². The maximum atomic E-state index is 13.0. The van der Waals surface area contributed by atoms with Crippen molar-refractivity contribution >= 4 is 23.5 Å². The predicted octanol–water partition coefficient (Wildman–Crippen LogP) is 5.61. The van der Waals surface area contributed by atoms with E-state index in [-0.39, 0.29) is 52.3 Å². The summed E-state index contributed by atoms with van der Waals surface area (Å²) in [6, 6.07) is 0. The molecule has 0 saturated carbocycles. The Labute approximate surface area is 232 Å². The van der Waals surface area contributed by atoms with E-state index in [1.807, 2.05) is 88.0 Å². The lowest BCUT2D eigenvalue weighted by Crippen LogP contribution is -2.61. The van der Waals surface area contributed by atoms with E-state index in [2.05, 4.69) is 0 Å². The first-order valence-electron chi connectivity index (χ1n) is 13.5. The Hall–Kier alpha value is -1.99. The number of amides is 3. The first-order valence-corrected chi connectivity index (χ1v) is 13.5. The SMILES string of the molecule is CC(=O)C(C)(C)C.CC(C)(C)C(=O)N1CCC1.CC1(F)CN(C(=O)C(C)(C)C)C1.CN(C)C(=O)C(C)(C)C. The van der Waals surface area contributed by atoms with Crippen molar-refractivity contribution in [3.8, 4) is 0 Å². The number of rotatable bonds is 0. The summed E-state index contributed by atoms with van der Waals surface area (Å²) < 4.78 is 13.0. The maximum absolute atomic E-state index is 13.0. The second-order valence-corrected chi connectivity index (χ2v) is 15.0. The zero-order chi connectivity index (χ0) is 31.1. The summed E-state index contributed by atoms with van der Waals surface area (Å²) in [6.45, 7) is 28.5. The molecule has 2 rings (SSSR count). The minimum absolute atomic E-state index is 0.0395. The number of halogens is 1. The van der Waals surface area contributed by atoms with Gasteiger partial charge in [0.05, 0.1) is 13.1 Å². The number of carbonyl (C=O) groups is 4. The van der Waals surface area contributed by atoms with Crippen LogP contribution in [-0.4, -0.2) is 84.1 Å². The van der Waals surface area contributed by atoms with Gasteiger partial charge in [0.15, 0.2) is 0 Å². The molecule has 2 aliphatic rings. The van der Waals surface area contributed by atoms with Crippen LogP contribution in [0.2, 0.25) is 0 Å². The van der Waals surface area contributed by atoms with E-state index in [0.717, 1.165) is 13.1 Å². The van der Waals surface area contributed by atoms with Crippen molar-refractivity contribution in [2.24, 2.45) is 21.7 Å². The number of Topliss-reactive ketones (excluding diaryl/α,β-unsaturated/α-hetero) is 1. The molecule has 3 amide bonds. The van der Waals surface area contributed by atoms with Crippen molar-refractivity contribution in [1.82, 2.24) is 14.7 Å². The molecule has 0 spiro atoms. The fraction of sp³-hybridized carbons (Fsp3) is 0.867. The summed E-state index contributed by atoms with van der Waals surface area (Å²) in [5.41, 5.74) is -2.08. The number of nitrogens with zero attached hydrogens (tertiary/aromatic N) is 3.